The van der Waals surface area contributed by atoms with E-state index >= 15 is 0 Å². The Morgan fingerprint density at radius 1 is 0.500 bits per heavy atom. The Bertz CT molecular complexity index is 82.7. The predicted octanol–water partition coefficient (Wildman–Crippen LogP) is 11.2. The van der Waals surface area contributed by atoms with Crippen LogP contribution in [-0.2, 0) is 0 Å². The fourth-order valence-corrected chi connectivity index (χ4v) is 0.354. The van der Waals surface area contributed by atoms with E-state index in [2.05, 4.69) is 69.2 Å². The smallest absolute Gasteiger partial charge is 0.0385 e. The maximum Gasteiger partial charge on any atom is -0.0385 e. The Morgan fingerprint density at radius 3 is 0.667 bits per heavy atom. The van der Waals surface area contributed by atoms with Crippen LogP contribution in [0.15, 0.2) is 0 Å². The Balaban J connectivity index is -0.0000000220. The SMILES string of the molecule is C.C.CC.CC.CCC.CCC(C)(C)C.CCCC.CCCCC. The molecular formula is C24H64. The van der Waals surface area contributed by atoms with E-state index in [-0.39, 0.29) is 14.9 Å². The minimum atomic E-state index is 0. The Labute approximate surface area is 162 Å². The quantitative estimate of drug-likeness (QED) is 0.473. The summed E-state index contributed by atoms with van der Waals surface area (Å²) < 4.78 is 0. The van der Waals surface area contributed by atoms with E-state index in [4.69, 9.17) is 0 Å². The first-order valence-electron chi connectivity index (χ1n) is 10.3. The molecule has 0 aliphatic rings. The number of rotatable bonds is 3. The molecule has 0 bridgehead atoms. The molecule has 0 radical (unpaired) electrons. The van der Waals surface area contributed by atoms with Gasteiger partial charge in [-0.2, -0.15) is 0 Å². The van der Waals surface area contributed by atoms with E-state index in [1.165, 1.54) is 44.9 Å². The fourth-order valence-electron chi connectivity index (χ4n) is 0.354. The molecule has 0 aliphatic heterocycles. The average molecular weight is 353 g/mol. The molecule has 0 spiro atoms. The van der Waals surface area contributed by atoms with Crippen LogP contribution in [0.4, 0.5) is 0 Å². The van der Waals surface area contributed by atoms with Crippen molar-refractivity contribution in [3.63, 3.8) is 0 Å². The van der Waals surface area contributed by atoms with Gasteiger partial charge in [-0.3, -0.25) is 0 Å². The monoisotopic (exact) mass is 353 g/mol. The highest BCUT2D eigenvalue weighted by atomic mass is 14.1. The Hall–Kier alpha value is 0. The molecule has 0 saturated heterocycles. The summed E-state index contributed by atoms with van der Waals surface area (Å²) in [7, 11) is 0. The minimum absolute atomic E-state index is 0. The van der Waals surface area contributed by atoms with Crippen LogP contribution in [0.5, 0.6) is 0 Å². The lowest BCUT2D eigenvalue weighted by Crippen LogP contribution is -2.00. The molecule has 0 aromatic heterocycles. The van der Waals surface area contributed by atoms with Gasteiger partial charge in [0, 0.05) is 0 Å². The second-order valence-electron chi connectivity index (χ2n) is 5.97. The van der Waals surface area contributed by atoms with E-state index < -0.39 is 0 Å². The highest BCUT2D eigenvalue weighted by molar-refractivity contribution is 4.55. The molecule has 0 heteroatoms. The van der Waals surface area contributed by atoms with Crippen LogP contribution in [-0.4, -0.2) is 0 Å². The maximum atomic E-state index is 2.24. The third-order valence-corrected chi connectivity index (χ3v) is 2.27. The first-order chi connectivity index (χ1) is 10.3. The van der Waals surface area contributed by atoms with Gasteiger partial charge in [-0.05, 0) is 5.41 Å². The Morgan fingerprint density at radius 2 is 0.667 bits per heavy atom. The van der Waals surface area contributed by atoms with Crippen molar-refractivity contribution in [2.24, 2.45) is 5.41 Å². The zero-order chi connectivity index (χ0) is 19.4. The van der Waals surface area contributed by atoms with Crippen LogP contribution in [0.3, 0.4) is 0 Å². The van der Waals surface area contributed by atoms with Crippen molar-refractivity contribution in [2.75, 3.05) is 0 Å². The number of unbranched alkanes of at least 4 members (excludes halogenated alkanes) is 3. The summed E-state index contributed by atoms with van der Waals surface area (Å²) in [6.45, 7) is 30.0. The summed E-state index contributed by atoms with van der Waals surface area (Å²) in [5, 5.41) is 0. The molecule has 0 aliphatic carbocycles. The first-order valence-corrected chi connectivity index (χ1v) is 10.3. The molecule has 24 heavy (non-hydrogen) atoms. The van der Waals surface area contributed by atoms with Gasteiger partial charge in [-0.15, -0.1) is 0 Å². The molecule has 0 atom stereocenters. The van der Waals surface area contributed by atoms with E-state index in [0.717, 1.165) is 0 Å². The lowest BCUT2D eigenvalue weighted by Gasteiger charge is -2.12. The van der Waals surface area contributed by atoms with Crippen LogP contribution < -0.4 is 0 Å². The van der Waals surface area contributed by atoms with Gasteiger partial charge >= 0.3 is 0 Å². The van der Waals surface area contributed by atoms with Crippen molar-refractivity contribution in [1.29, 1.82) is 0 Å². The molecule has 0 unspecified atom stereocenters. The summed E-state index contributed by atoms with van der Waals surface area (Å²) in [5.74, 6) is 0. The van der Waals surface area contributed by atoms with Crippen molar-refractivity contribution < 1.29 is 0 Å². The van der Waals surface area contributed by atoms with E-state index in [1.54, 1.807) is 0 Å². The van der Waals surface area contributed by atoms with Crippen LogP contribution in [0, 0.1) is 5.41 Å². The van der Waals surface area contributed by atoms with Crippen LogP contribution in [0.2, 0.25) is 0 Å². The van der Waals surface area contributed by atoms with Crippen molar-refractivity contribution in [2.45, 2.75) is 157 Å². The summed E-state index contributed by atoms with van der Waals surface area (Å²) in [4.78, 5) is 0. The molecule has 160 valence electrons. The average Bonchev–Trinajstić information content (AvgIpc) is 2.53. The Kier molecular flexibility index (Phi) is 136. The van der Waals surface area contributed by atoms with E-state index in [1.807, 2.05) is 27.7 Å². The first kappa shape index (κ1) is 49.6. The highest BCUT2D eigenvalue weighted by Gasteiger charge is 2.03. The van der Waals surface area contributed by atoms with Crippen LogP contribution in [0.25, 0.3) is 0 Å². The van der Waals surface area contributed by atoms with E-state index in [9.17, 15) is 0 Å². The summed E-state index contributed by atoms with van der Waals surface area (Å²) in [6.07, 6.45) is 9.24. The molecule has 0 N–H and O–H groups in total. The summed E-state index contributed by atoms with van der Waals surface area (Å²) >= 11 is 0. The molecule has 0 aromatic carbocycles. The van der Waals surface area contributed by atoms with Gasteiger partial charge in [0.2, 0.25) is 0 Å². The van der Waals surface area contributed by atoms with Gasteiger partial charge in [0.05, 0.1) is 0 Å². The standard InChI is InChI=1S/C6H14.C5H12.C4H10.C3H8.2C2H6.2CH4/c1-5-6(2,3)4;1-3-5-4-2;1-3-4-2;1-3-2;2*1-2;;/h5H2,1-4H3;3-5H2,1-2H3;3-4H2,1-2H3;3H2,1-2H3;2*1-2H3;2*1H4. The lowest BCUT2D eigenvalue weighted by atomic mass is 9.94. The summed E-state index contributed by atoms with van der Waals surface area (Å²) in [6, 6.07) is 0. The molecule has 0 rings (SSSR count). The molecule has 0 aromatic rings. The normalized spacial score (nSPS) is 7.25. The van der Waals surface area contributed by atoms with Crippen molar-refractivity contribution in [3.05, 3.63) is 0 Å². The molecule has 0 heterocycles. The molecule has 0 amide bonds. The second-order valence-corrected chi connectivity index (χ2v) is 5.97. The van der Waals surface area contributed by atoms with Crippen molar-refractivity contribution in [1.82, 2.24) is 0 Å². The van der Waals surface area contributed by atoms with Gasteiger partial charge in [-0.25, -0.2) is 0 Å². The van der Waals surface area contributed by atoms with E-state index in [0.29, 0.717) is 5.41 Å². The highest BCUT2D eigenvalue weighted by Crippen LogP contribution is 2.16. The summed E-state index contributed by atoms with van der Waals surface area (Å²) in [5.41, 5.74) is 0.542. The van der Waals surface area contributed by atoms with Gasteiger partial charge in [0.25, 0.3) is 0 Å². The lowest BCUT2D eigenvalue weighted by molar-refractivity contribution is 0.398. The zero-order valence-electron chi connectivity index (χ0n) is 19.4. The van der Waals surface area contributed by atoms with Crippen LogP contribution >= 0.6 is 0 Å². The third-order valence-electron chi connectivity index (χ3n) is 2.27. The second kappa shape index (κ2) is 65.9. The molecule has 0 nitrogen and oxygen atoms in total. The maximum absolute atomic E-state index is 2.24. The number of hydrogen-bond donors (Lipinski definition) is 0. The van der Waals surface area contributed by atoms with Gasteiger partial charge in [-0.1, -0.05) is 157 Å². The predicted molar refractivity (Wildman–Crippen MR) is 128 cm³/mol. The fraction of sp³-hybridized carbons (Fsp3) is 1.00. The van der Waals surface area contributed by atoms with Gasteiger partial charge in [0.1, 0.15) is 0 Å². The topological polar surface area (TPSA) is 0 Å². The van der Waals surface area contributed by atoms with Gasteiger partial charge < -0.3 is 0 Å². The van der Waals surface area contributed by atoms with Crippen molar-refractivity contribution in [3.8, 4) is 0 Å². The minimum Gasteiger partial charge on any atom is -0.0776 e. The van der Waals surface area contributed by atoms with Crippen LogP contribution in [0.1, 0.15) is 157 Å². The molecular weight excluding hydrogens is 288 g/mol. The third kappa shape index (κ3) is 270. The number of hydrogen-bond acceptors (Lipinski definition) is 0. The zero-order valence-corrected chi connectivity index (χ0v) is 19.4. The molecule has 0 fully saturated rings. The van der Waals surface area contributed by atoms with Crippen molar-refractivity contribution >= 4 is 0 Å². The molecule has 0 saturated carbocycles. The van der Waals surface area contributed by atoms with Gasteiger partial charge in [0.15, 0.2) is 0 Å². The largest absolute Gasteiger partial charge is 0.0776 e.